The molecule has 24 heavy (non-hydrogen) atoms. The molecule has 1 amide bonds. The van der Waals surface area contributed by atoms with Crippen molar-refractivity contribution in [2.45, 2.75) is 56.2 Å². The maximum Gasteiger partial charge on any atom is 0.236 e. The van der Waals surface area contributed by atoms with Crippen LogP contribution >= 0.6 is 24.2 Å². The Hall–Kier alpha value is -0.710. The van der Waals surface area contributed by atoms with Crippen LogP contribution in [0.2, 0.25) is 0 Å². The number of benzene rings is 1. The van der Waals surface area contributed by atoms with E-state index in [0.717, 1.165) is 31.7 Å². The van der Waals surface area contributed by atoms with Crippen molar-refractivity contribution in [3.8, 4) is 0 Å². The minimum Gasteiger partial charge on any atom is -0.334 e. The Balaban J connectivity index is 0.00000208. The first-order chi connectivity index (χ1) is 11.2. The Morgan fingerprint density at radius 2 is 1.92 bits per heavy atom. The van der Waals surface area contributed by atoms with Crippen LogP contribution in [0.5, 0.6) is 0 Å². The standard InChI is InChI=1S/C19H28N2OS.ClH/c1-14(2)18(23-13-15-6-4-3-5-7-15)19(22)21-16-8-9-17(21)12-20-11-10-16;/h3-7,14,16-18,20H,8-13H2,1-2H3;1H. The van der Waals surface area contributed by atoms with Gasteiger partial charge in [-0.3, -0.25) is 4.79 Å². The zero-order valence-corrected chi connectivity index (χ0v) is 16.2. The van der Waals surface area contributed by atoms with Crippen LogP contribution < -0.4 is 5.32 Å². The fraction of sp³-hybridized carbons (Fsp3) is 0.632. The highest BCUT2D eigenvalue weighted by atomic mass is 35.5. The molecule has 0 spiro atoms. The highest BCUT2D eigenvalue weighted by Crippen LogP contribution is 2.33. The molecule has 1 aromatic rings. The molecule has 134 valence electrons. The number of carbonyl (C=O) groups is 1. The Bertz CT molecular complexity index is 511. The highest BCUT2D eigenvalue weighted by molar-refractivity contribution is 7.99. The predicted molar refractivity (Wildman–Crippen MR) is 105 cm³/mol. The summed E-state index contributed by atoms with van der Waals surface area (Å²) in [7, 11) is 0. The zero-order valence-electron chi connectivity index (χ0n) is 14.6. The molecule has 3 unspecified atom stereocenters. The number of nitrogens with zero attached hydrogens (tertiary/aromatic N) is 1. The van der Waals surface area contributed by atoms with Crippen LogP contribution in [0.1, 0.15) is 38.7 Å². The monoisotopic (exact) mass is 368 g/mol. The van der Waals surface area contributed by atoms with E-state index in [1.807, 2.05) is 17.8 Å². The summed E-state index contributed by atoms with van der Waals surface area (Å²) in [6, 6.07) is 11.4. The van der Waals surface area contributed by atoms with Gasteiger partial charge in [0.2, 0.25) is 5.91 Å². The maximum absolute atomic E-state index is 13.3. The van der Waals surface area contributed by atoms with E-state index in [4.69, 9.17) is 0 Å². The molecule has 1 N–H and O–H groups in total. The lowest BCUT2D eigenvalue weighted by atomic mass is 10.1. The number of carbonyl (C=O) groups excluding carboxylic acids is 1. The van der Waals surface area contributed by atoms with Crippen molar-refractivity contribution >= 4 is 30.1 Å². The minimum atomic E-state index is 0. The Kier molecular flexibility index (Phi) is 7.45. The normalized spacial score (nSPS) is 24.4. The molecule has 3 atom stereocenters. The quantitative estimate of drug-likeness (QED) is 0.859. The van der Waals surface area contributed by atoms with Crippen molar-refractivity contribution < 1.29 is 4.79 Å². The van der Waals surface area contributed by atoms with E-state index in [2.05, 4.69) is 48.3 Å². The summed E-state index contributed by atoms with van der Waals surface area (Å²) >= 11 is 1.81. The number of amides is 1. The second-order valence-corrected chi connectivity index (χ2v) is 8.21. The lowest BCUT2D eigenvalue weighted by Crippen LogP contribution is -2.47. The molecule has 0 aliphatic carbocycles. The summed E-state index contributed by atoms with van der Waals surface area (Å²) in [6.45, 7) is 6.38. The summed E-state index contributed by atoms with van der Waals surface area (Å²) in [5.74, 6) is 1.65. The smallest absolute Gasteiger partial charge is 0.236 e. The number of nitrogens with one attached hydrogen (secondary N) is 1. The van der Waals surface area contributed by atoms with Crippen molar-refractivity contribution in [1.82, 2.24) is 10.2 Å². The first kappa shape index (κ1) is 19.6. The van der Waals surface area contributed by atoms with Gasteiger partial charge in [0.15, 0.2) is 0 Å². The second-order valence-electron chi connectivity index (χ2n) is 7.08. The van der Waals surface area contributed by atoms with E-state index in [-0.39, 0.29) is 17.7 Å². The molecule has 2 heterocycles. The molecule has 3 rings (SSSR count). The fourth-order valence-electron chi connectivity index (χ4n) is 3.80. The molecule has 2 aliphatic rings. The van der Waals surface area contributed by atoms with Gasteiger partial charge in [0, 0.05) is 24.4 Å². The lowest BCUT2D eigenvalue weighted by Gasteiger charge is -2.33. The van der Waals surface area contributed by atoms with E-state index in [1.165, 1.54) is 12.0 Å². The van der Waals surface area contributed by atoms with Gasteiger partial charge in [-0.05, 0) is 37.3 Å². The average Bonchev–Trinajstić information content (AvgIpc) is 2.81. The summed E-state index contributed by atoms with van der Waals surface area (Å²) in [5.41, 5.74) is 1.30. The van der Waals surface area contributed by atoms with Gasteiger partial charge in [-0.1, -0.05) is 44.2 Å². The Labute approximate surface area is 156 Å². The van der Waals surface area contributed by atoms with Crippen molar-refractivity contribution in [1.29, 1.82) is 0 Å². The van der Waals surface area contributed by atoms with Crippen LogP contribution in [0.25, 0.3) is 0 Å². The molecule has 0 radical (unpaired) electrons. The van der Waals surface area contributed by atoms with Crippen LogP contribution in [0, 0.1) is 5.92 Å². The molecule has 2 saturated heterocycles. The molecule has 3 nitrogen and oxygen atoms in total. The summed E-state index contributed by atoms with van der Waals surface area (Å²) in [5, 5.41) is 3.55. The van der Waals surface area contributed by atoms with Crippen molar-refractivity contribution in [3.05, 3.63) is 35.9 Å². The molecule has 2 fully saturated rings. The predicted octanol–water partition coefficient (Wildman–Crippen LogP) is 3.72. The molecule has 5 heteroatoms. The summed E-state index contributed by atoms with van der Waals surface area (Å²) < 4.78 is 0. The number of hydrogen-bond acceptors (Lipinski definition) is 3. The third-order valence-corrected chi connectivity index (χ3v) is 6.64. The van der Waals surface area contributed by atoms with Gasteiger partial charge in [-0.25, -0.2) is 0 Å². The van der Waals surface area contributed by atoms with Crippen LogP contribution in [-0.2, 0) is 10.5 Å². The van der Waals surface area contributed by atoms with Gasteiger partial charge in [0.1, 0.15) is 0 Å². The molecule has 1 aromatic carbocycles. The number of hydrogen-bond donors (Lipinski definition) is 1. The third-order valence-electron chi connectivity index (χ3n) is 5.03. The molecule has 0 saturated carbocycles. The van der Waals surface area contributed by atoms with Gasteiger partial charge in [0.05, 0.1) is 5.25 Å². The Morgan fingerprint density at radius 1 is 1.21 bits per heavy atom. The molecule has 0 aromatic heterocycles. The van der Waals surface area contributed by atoms with Crippen molar-refractivity contribution in [3.63, 3.8) is 0 Å². The number of halogens is 1. The Morgan fingerprint density at radius 3 is 2.62 bits per heavy atom. The highest BCUT2D eigenvalue weighted by Gasteiger charge is 2.41. The molecule has 2 aliphatic heterocycles. The van der Waals surface area contributed by atoms with Crippen LogP contribution in [-0.4, -0.2) is 41.2 Å². The van der Waals surface area contributed by atoms with Crippen LogP contribution in [0.3, 0.4) is 0 Å². The fourth-order valence-corrected chi connectivity index (χ4v) is 5.01. The molecular weight excluding hydrogens is 340 g/mol. The maximum atomic E-state index is 13.3. The second kappa shape index (κ2) is 9.12. The summed E-state index contributed by atoms with van der Waals surface area (Å²) in [4.78, 5) is 15.5. The zero-order chi connectivity index (χ0) is 16.2. The molecule has 2 bridgehead atoms. The van der Waals surface area contributed by atoms with Gasteiger partial charge in [-0.2, -0.15) is 0 Å². The average molecular weight is 369 g/mol. The van der Waals surface area contributed by atoms with Crippen LogP contribution in [0.4, 0.5) is 0 Å². The number of rotatable bonds is 5. The SMILES string of the molecule is CC(C)C(SCc1ccccc1)C(=O)N1C2CCNCC1CC2.Cl. The van der Waals surface area contributed by atoms with Crippen LogP contribution in [0.15, 0.2) is 30.3 Å². The van der Waals surface area contributed by atoms with E-state index in [1.54, 1.807) is 0 Å². The van der Waals surface area contributed by atoms with Gasteiger partial charge in [-0.15, -0.1) is 24.2 Å². The lowest BCUT2D eigenvalue weighted by molar-refractivity contribution is -0.133. The van der Waals surface area contributed by atoms with Gasteiger partial charge < -0.3 is 10.2 Å². The van der Waals surface area contributed by atoms with E-state index < -0.39 is 0 Å². The molecular formula is C19H29ClN2OS. The minimum absolute atomic E-state index is 0. The first-order valence-corrected chi connectivity index (χ1v) is 9.90. The topological polar surface area (TPSA) is 32.3 Å². The third kappa shape index (κ3) is 4.47. The number of fused-ring (bicyclic) bond motifs is 2. The summed E-state index contributed by atoms with van der Waals surface area (Å²) in [6.07, 6.45) is 3.46. The van der Waals surface area contributed by atoms with Gasteiger partial charge >= 0.3 is 0 Å². The van der Waals surface area contributed by atoms with Crippen molar-refractivity contribution in [2.75, 3.05) is 13.1 Å². The van der Waals surface area contributed by atoms with Gasteiger partial charge in [0.25, 0.3) is 0 Å². The van der Waals surface area contributed by atoms with E-state index >= 15 is 0 Å². The van der Waals surface area contributed by atoms with Crippen molar-refractivity contribution in [2.24, 2.45) is 5.92 Å². The van der Waals surface area contributed by atoms with E-state index in [9.17, 15) is 4.79 Å². The largest absolute Gasteiger partial charge is 0.334 e. The van der Waals surface area contributed by atoms with E-state index in [0.29, 0.717) is 23.9 Å². The first-order valence-electron chi connectivity index (χ1n) is 8.85. The number of thioether (sulfide) groups is 1.